The van der Waals surface area contributed by atoms with Gasteiger partial charge in [0.1, 0.15) is 5.76 Å². The van der Waals surface area contributed by atoms with Crippen LogP contribution in [0.1, 0.15) is 37.6 Å². The average molecular weight is 477 g/mol. The van der Waals surface area contributed by atoms with Crippen molar-refractivity contribution in [3.63, 3.8) is 0 Å². The summed E-state index contributed by atoms with van der Waals surface area (Å²) in [5.74, 6) is 2.17. The lowest BCUT2D eigenvalue weighted by Gasteiger charge is -2.36. The fraction of sp³-hybridized carbons (Fsp3) is 0.778. The van der Waals surface area contributed by atoms with Gasteiger partial charge in [0.15, 0.2) is 5.96 Å². The molecular weight excluding hydrogens is 445 g/mol. The molecule has 2 atom stereocenters. The largest absolute Gasteiger partial charge is 0.393 e. The maximum absolute atomic E-state index is 10.00. The summed E-state index contributed by atoms with van der Waals surface area (Å²) in [4.78, 5) is 9.54. The van der Waals surface area contributed by atoms with E-state index in [1.54, 1.807) is 0 Å². The van der Waals surface area contributed by atoms with Crippen LogP contribution in [0.25, 0.3) is 0 Å². The Morgan fingerprint density at radius 1 is 1.35 bits per heavy atom. The van der Waals surface area contributed by atoms with E-state index in [4.69, 9.17) is 9.52 Å². The molecule has 0 aromatic carbocycles. The molecule has 2 aliphatic rings. The van der Waals surface area contributed by atoms with Gasteiger partial charge in [-0.15, -0.1) is 24.0 Å². The minimum Gasteiger partial charge on any atom is -0.393 e. The van der Waals surface area contributed by atoms with Gasteiger partial charge in [0, 0.05) is 57.8 Å². The first-order chi connectivity index (χ1) is 12.2. The van der Waals surface area contributed by atoms with E-state index < -0.39 is 0 Å². The maximum Gasteiger partial charge on any atom is 0.194 e. The minimum absolute atomic E-state index is 0. The van der Waals surface area contributed by atoms with Gasteiger partial charge in [-0.3, -0.25) is 9.89 Å². The molecule has 2 fully saturated rings. The molecular formula is C18H32IN5O2. The summed E-state index contributed by atoms with van der Waals surface area (Å²) in [6.45, 7) is 10.3. The average Bonchev–Trinajstić information content (AvgIpc) is 3.20. The molecule has 1 aliphatic heterocycles. The van der Waals surface area contributed by atoms with E-state index in [0.29, 0.717) is 5.92 Å². The highest BCUT2D eigenvalue weighted by molar-refractivity contribution is 14.0. The maximum atomic E-state index is 10.00. The molecule has 148 valence electrons. The van der Waals surface area contributed by atoms with E-state index in [1.165, 1.54) is 0 Å². The molecule has 0 radical (unpaired) electrons. The Hall–Kier alpha value is -0.870. The summed E-state index contributed by atoms with van der Waals surface area (Å²) in [6.07, 6.45) is 2.97. The quantitative estimate of drug-likeness (QED) is 0.383. The van der Waals surface area contributed by atoms with Crippen molar-refractivity contribution in [2.75, 3.05) is 39.3 Å². The second-order valence-electron chi connectivity index (χ2n) is 7.15. The van der Waals surface area contributed by atoms with Crippen molar-refractivity contribution in [2.24, 2.45) is 10.9 Å². The summed E-state index contributed by atoms with van der Waals surface area (Å²) in [5, 5.41) is 17.5. The highest BCUT2D eigenvalue weighted by Gasteiger charge is 2.26. The van der Waals surface area contributed by atoms with Crippen molar-refractivity contribution >= 4 is 29.9 Å². The van der Waals surface area contributed by atoms with Crippen LogP contribution in [0, 0.1) is 12.8 Å². The molecule has 0 amide bonds. The predicted octanol–water partition coefficient (Wildman–Crippen LogP) is 1.85. The molecule has 0 bridgehead atoms. The van der Waals surface area contributed by atoms with Gasteiger partial charge in [-0.25, -0.2) is 0 Å². The van der Waals surface area contributed by atoms with Crippen LogP contribution >= 0.6 is 24.0 Å². The Bertz CT molecular complexity index is 572. The van der Waals surface area contributed by atoms with E-state index in [-0.39, 0.29) is 30.1 Å². The van der Waals surface area contributed by atoms with E-state index in [1.807, 2.05) is 13.0 Å². The molecule has 1 aliphatic carbocycles. The normalized spacial score (nSPS) is 24.6. The number of aliphatic hydroxyl groups is 1. The van der Waals surface area contributed by atoms with E-state index in [0.717, 1.165) is 82.5 Å². The molecule has 7 nitrogen and oxygen atoms in total. The van der Waals surface area contributed by atoms with Crippen LogP contribution in [0.15, 0.2) is 15.6 Å². The Morgan fingerprint density at radius 3 is 2.69 bits per heavy atom. The van der Waals surface area contributed by atoms with Gasteiger partial charge in [0.2, 0.25) is 0 Å². The Balaban J connectivity index is 0.00000243. The minimum atomic E-state index is -0.172. The van der Waals surface area contributed by atoms with Crippen LogP contribution in [-0.4, -0.2) is 71.4 Å². The van der Waals surface area contributed by atoms with Crippen molar-refractivity contribution < 1.29 is 9.63 Å². The van der Waals surface area contributed by atoms with Gasteiger partial charge in [-0.05, 0) is 26.7 Å². The van der Waals surface area contributed by atoms with Crippen molar-refractivity contribution in [3.8, 4) is 0 Å². The van der Waals surface area contributed by atoms with Crippen molar-refractivity contribution in [1.29, 1.82) is 0 Å². The summed E-state index contributed by atoms with van der Waals surface area (Å²) >= 11 is 0. The second kappa shape index (κ2) is 10.5. The molecule has 8 heteroatoms. The van der Waals surface area contributed by atoms with Crippen LogP contribution in [0.4, 0.5) is 0 Å². The lowest BCUT2D eigenvalue weighted by molar-refractivity contribution is 0.136. The van der Waals surface area contributed by atoms with Crippen LogP contribution in [0.5, 0.6) is 0 Å². The van der Waals surface area contributed by atoms with Crippen molar-refractivity contribution in [3.05, 3.63) is 17.5 Å². The standard InChI is InChI=1S/C18H31N5O2.HI/c1-3-19-18(20-12-15-5-4-6-17(15)24)23-9-7-22(8-10-23)13-16-11-14(2)25-21-16;/h11,15,17,24H,3-10,12-13H2,1-2H3,(H,19,20);1H. The fourth-order valence-corrected chi connectivity index (χ4v) is 3.70. The molecule has 2 heterocycles. The number of rotatable bonds is 5. The van der Waals surface area contributed by atoms with E-state index >= 15 is 0 Å². The van der Waals surface area contributed by atoms with Crippen LogP contribution in [0.3, 0.4) is 0 Å². The fourth-order valence-electron chi connectivity index (χ4n) is 3.70. The lowest BCUT2D eigenvalue weighted by atomic mass is 10.1. The summed E-state index contributed by atoms with van der Waals surface area (Å²) in [5.41, 5.74) is 1.00. The van der Waals surface area contributed by atoms with Crippen molar-refractivity contribution in [2.45, 2.75) is 45.8 Å². The Kier molecular flexibility index (Phi) is 8.62. The summed E-state index contributed by atoms with van der Waals surface area (Å²) in [6, 6.07) is 2.00. The second-order valence-corrected chi connectivity index (χ2v) is 7.15. The molecule has 1 aromatic heterocycles. The monoisotopic (exact) mass is 477 g/mol. The molecule has 1 saturated heterocycles. The summed E-state index contributed by atoms with van der Waals surface area (Å²) < 4.78 is 5.15. The number of nitrogens with one attached hydrogen (secondary N) is 1. The molecule has 0 spiro atoms. The first-order valence-electron chi connectivity index (χ1n) is 9.51. The number of aromatic nitrogens is 1. The van der Waals surface area contributed by atoms with Crippen LogP contribution in [0.2, 0.25) is 0 Å². The van der Waals surface area contributed by atoms with Gasteiger partial charge >= 0.3 is 0 Å². The van der Waals surface area contributed by atoms with Gasteiger partial charge in [0.05, 0.1) is 11.8 Å². The first-order valence-corrected chi connectivity index (χ1v) is 9.51. The van der Waals surface area contributed by atoms with Gasteiger partial charge < -0.3 is 19.8 Å². The highest BCUT2D eigenvalue weighted by atomic mass is 127. The molecule has 1 aromatic rings. The molecule has 26 heavy (non-hydrogen) atoms. The third-order valence-electron chi connectivity index (χ3n) is 5.16. The van der Waals surface area contributed by atoms with Gasteiger partial charge in [0.25, 0.3) is 0 Å². The molecule has 3 rings (SSSR count). The van der Waals surface area contributed by atoms with E-state index in [9.17, 15) is 5.11 Å². The number of guanidine groups is 1. The highest BCUT2D eigenvalue weighted by Crippen LogP contribution is 2.25. The number of piperazine rings is 1. The van der Waals surface area contributed by atoms with Crippen LogP contribution in [-0.2, 0) is 6.54 Å². The predicted molar refractivity (Wildman–Crippen MR) is 113 cm³/mol. The number of aliphatic hydroxyl groups excluding tert-OH is 1. The number of aliphatic imine (C=N–C) groups is 1. The lowest BCUT2D eigenvalue weighted by Crippen LogP contribution is -2.52. The Morgan fingerprint density at radius 2 is 2.12 bits per heavy atom. The number of nitrogens with zero attached hydrogens (tertiary/aromatic N) is 4. The zero-order valence-electron chi connectivity index (χ0n) is 15.9. The topological polar surface area (TPSA) is 77.1 Å². The number of aryl methyl sites for hydroxylation is 1. The van der Waals surface area contributed by atoms with Gasteiger partial charge in [-0.2, -0.15) is 0 Å². The summed E-state index contributed by atoms with van der Waals surface area (Å²) in [7, 11) is 0. The van der Waals surface area contributed by atoms with Crippen molar-refractivity contribution in [1.82, 2.24) is 20.3 Å². The van der Waals surface area contributed by atoms with Gasteiger partial charge in [-0.1, -0.05) is 11.6 Å². The SMILES string of the molecule is CCNC(=NCC1CCCC1O)N1CCN(Cc2cc(C)on2)CC1.I. The zero-order valence-corrected chi connectivity index (χ0v) is 18.2. The number of hydrogen-bond acceptors (Lipinski definition) is 5. The van der Waals surface area contributed by atoms with E-state index in [2.05, 4.69) is 27.2 Å². The van der Waals surface area contributed by atoms with Crippen LogP contribution < -0.4 is 5.32 Å². The third-order valence-corrected chi connectivity index (χ3v) is 5.16. The smallest absolute Gasteiger partial charge is 0.194 e. The molecule has 1 saturated carbocycles. The Labute approximate surface area is 173 Å². The number of hydrogen-bond donors (Lipinski definition) is 2. The molecule has 2 N–H and O–H groups in total. The number of halogens is 1. The third kappa shape index (κ3) is 5.82. The zero-order chi connectivity index (χ0) is 17.6. The molecule has 2 unspecified atom stereocenters. The first kappa shape index (κ1) is 21.4.